The van der Waals surface area contributed by atoms with Crippen LogP contribution in [0.1, 0.15) is 23.7 Å². The highest BCUT2D eigenvalue weighted by atomic mass is 16.7. The SMILES string of the molecule is CC(=O)NOc1ccccc1-c1n[nH]c2c1CN(C(=O)NCc1ccccc1)C2. The number of amides is 3. The Labute approximate surface area is 167 Å². The fourth-order valence-electron chi connectivity index (χ4n) is 3.27. The molecule has 0 radical (unpaired) electrons. The number of hydroxylamine groups is 1. The zero-order valence-electron chi connectivity index (χ0n) is 15.9. The molecule has 3 N–H and O–H groups in total. The van der Waals surface area contributed by atoms with Crippen LogP contribution in [-0.2, 0) is 24.4 Å². The molecule has 1 aliphatic heterocycles. The summed E-state index contributed by atoms with van der Waals surface area (Å²) in [6.45, 7) is 2.75. The van der Waals surface area contributed by atoms with Gasteiger partial charge in [0.2, 0.25) is 5.91 Å². The molecule has 1 aliphatic rings. The van der Waals surface area contributed by atoms with Crippen LogP contribution in [0.3, 0.4) is 0 Å². The summed E-state index contributed by atoms with van der Waals surface area (Å²) in [5.74, 6) is 0.192. The lowest BCUT2D eigenvalue weighted by Gasteiger charge is -2.17. The quantitative estimate of drug-likeness (QED) is 0.582. The second-order valence-corrected chi connectivity index (χ2v) is 6.79. The molecule has 148 valence electrons. The van der Waals surface area contributed by atoms with Crippen molar-refractivity contribution in [3.8, 4) is 17.0 Å². The lowest BCUT2D eigenvalue weighted by Crippen LogP contribution is -2.36. The van der Waals surface area contributed by atoms with Crippen LogP contribution in [0.2, 0.25) is 0 Å². The maximum Gasteiger partial charge on any atom is 0.318 e. The smallest absolute Gasteiger partial charge is 0.318 e. The zero-order valence-corrected chi connectivity index (χ0v) is 15.9. The van der Waals surface area contributed by atoms with Crippen molar-refractivity contribution in [2.75, 3.05) is 0 Å². The maximum atomic E-state index is 12.6. The van der Waals surface area contributed by atoms with E-state index in [0.29, 0.717) is 31.1 Å². The molecule has 0 atom stereocenters. The van der Waals surface area contributed by atoms with Gasteiger partial charge < -0.3 is 15.1 Å². The van der Waals surface area contributed by atoms with Gasteiger partial charge in [-0.25, -0.2) is 4.79 Å². The fourth-order valence-corrected chi connectivity index (χ4v) is 3.27. The fraction of sp³-hybridized carbons (Fsp3) is 0.190. The van der Waals surface area contributed by atoms with Crippen molar-refractivity contribution in [1.29, 1.82) is 0 Å². The topological polar surface area (TPSA) is 99.3 Å². The largest absolute Gasteiger partial charge is 0.379 e. The van der Waals surface area contributed by atoms with E-state index in [0.717, 1.165) is 22.4 Å². The monoisotopic (exact) mass is 391 g/mol. The standard InChI is InChI=1S/C21H21N5O3/c1-14(27)25-29-19-10-6-5-9-16(19)20-17-12-26(13-18(17)23-24-20)21(28)22-11-15-7-3-2-4-8-15/h2-10H,11-13H2,1H3,(H,22,28)(H,23,24)(H,25,27). The number of nitrogens with one attached hydrogen (secondary N) is 3. The first kappa shape index (κ1) is 18.5. The van der Waals surface area contributed by atoms with Gasteiger partial charge in [-0.05, 0) is 17.7 Å². The lowest BCUT2D eigenvalue weighted by molar-refractivity contribution is -0.125. The van der Waals surface area contributed by atoms with Gasteiger partial charge in [0.15, 0.2) is 5.75 Å². The molecule has 0 spiro atoms. The number of fused-ring (bicyclic) bond motifs is 1. The Morgan fingerprint density at radius 2 is 1.86 bits per heavy atom. The predicted octanol–water partition coefficient (Wildman–Crippen LogP) is 2.73. The number of aromatic nitrogens is 2. The Morgan fingerprint density at radius 1 is 1.10 bits per heavy atom. The van der Waals surface area contributed by atoms with Crippen LogP contribution in [-0.4, -0.2) is 27.0 Å². The van der Waals surface area contributed by atoms with E-state index < -0.39 is 0 Å². The molecule has 2 heterocycles. The number of H-pyrrole nitrogens is 1. The molecular weight excluding hydrogens is 370 g/mol. The van der Waals surface area contributed by atoms with E-state index in [-0.39, 0.29) is 11.9 Å². The first-order valence-electron chi connectivity index (χ1n) is 9.27. The van der Waals surface area contributed by atoms with Gasteiger partial charge in [0.05, 0.1) is 18.8 Å². The zero-order chi connectivity index (χ0) is 20.2. The maximum absolute atomic E-state index is 12.6. The van der Waals surface area contributed by atoms with Crippen molar-refractivity contribution >= 4 is 11.9 Å². The number of carbonyl (C=O) groups excluding carboxylic acids is 2. The predicted molar refractivity (Wildman–Crippen MR) is 106 cm³/mol. The normalized spacial score (nSPS) is 12.4. The van der Waals surface area contributed by atoms with Crippen LogP contribution in [0.15, 0.2) is 54.6 Å². The number of benzene rings is 2. The van der Waals surface area contributed by atoms with Gasteiger partial charge in [0.25, 0.3) is 0 Å². The number of hydrogen-bond donors (Lipinski definition) is 3. The van der Waals surface area contributed by atoms with Crippen LogP contribution in [0, 0.1) is 0 Å². The minimum absolute atomic E-state index is 0.132. The van der Waals surface area contributed by atoms with Gasteiger partial charge in [0, 0.05) is 24.6 Å². The molecule has 3 aromatic rings. The molecule has 0 saturated carbocycles. The summed E-state index contributed by atoms with van der Waals surface area (Å²) in [4.78, 5) is 30.9. The Kier molecular flexibility index (Phi) is 5.15. The second-order valence-electron chi connectivity index (χ2n) is 6.79. The van der Waals surface area contributed by atoms with Crippen molar-refractivity contribution in [3.05, 3.63) is 71.4 Å². The Balaban J connectivity index is 1.47. The molecule has 29 heavy (non-hydrogen) atoms. The van der Waals surface area contributed by atoms with E-state index in [1.807, 2.05) is 48.5 Å². The molecule has 8 heteroatoms. The number of carbonyl (C=O) groups is 2. The number of rotatable bonds is 5. The van der Waals surface area contributed by atoms with Crippen LogP contribution >= 0.6 is 0 Å². The third-order valence-electron chi connectivity index (χ3n) is 4.67. The van der Waals surface area contributed by atoms with Crippen LogP contribution in [0.25, 0.3) is 11.3 Å². The van der Waals surface area contributed by atoms with Crippen molar-refractivity contribution in [2.24, 2.45) is 0 Å². The van der Waals surface area contributed by atoms with E-state index >= 15 is 0 Å². The molecule has 0 saturated heterocycles. The van der Waals surface area contributed by atoms with Crippen molar-refractivity contribution in [1.82, 2.24) is 25.9 Å². The average molecular weight is 391 g/mol. The molecule has 2 aromatic carbocycles. The molecular formula is C21H21N5O3. The molecule has 1 aromatic heterocycles. The molecule has 4 rings (SSSR count). The molecule has 0 bridgehead atoms. The number of para-hydroxylation sites is 1. The van der Waals surface area contributed by atoms with Gasteiger partial charge in [-0.2, -0.15) is 10.6 Å². The minimum Gasteiger partial charge on any atom is -0.379 e. The Hall–Kier alpha value is -3.81. The number of hydrogen-bond acceptors (Lipinski definition) is 4. The summed E-state index contributed by atoms with van der Waals surface area (Å²) < 4.78 is 0. The molecule has 0 fully saturated rings. The van der Waals surface area contributed by atoms with Gasteiger partial charge in [0.1, 0.15) is 5.69 Å². The highest BCUT2D eigenvalue weighted by Crippen LogP contribution is 2.35. The van der Waals surface area contributed by atoms with Gasteiger partial charge in [-0.15, -0.1) is 0 Å². The van der Waals surface area contributed by atoms with Crippen molar-refractivity contribution < 1.29 is 14.4 Å². The molecule has 8 nitrogen and oxygen atoms in total. The Bertz CT molecular complexity index is 1030. The minimum atomic E-state index is -0.298. The highest BCUT2D eigenvalue weighted by molar-refractivity contribution is 5.77. The molecule has 0 unspecified atom stereocenters. The molecule has 0 aliphatic carbocycles. The van der Waals surface area contributed by atoms with Crippen molar-refractivity contribution in [3.63, 3.8) is 0 Å². The number of urea groups is 1. The van der Waals surface area contributed by atoms with Crippen molar-refractivity contribution in [2.45, 2.75) is 26.6 Å². The number of nitrogens with zero attached hydrogens (tertiary/aromatic N) is 2. The van der Waals surface area contributed by atoms with Gasteiger partial charge in [-0.3, -0.25) is 9.89 Å². The highest BCUT2D eigenvalue weighted by Gasteiger charge is 2.29. The summed E-state index contributed by atoms with van der Waals surface area (Å²) in [5.41, 5.74) is 6.67. The Morgan fingerprint density at radius 3 is 2.66 bits per heavy atom. The third-order valence-corrected chi connectivity index (χ3v) is 4.67. The summed E-state index contributed by atoms with van der Waals surface area (Å²) in [7, 11) is 0. The first-order valence-corrected chi connectivity index (χ1v) is 9.27. The third kappa shape index (κ3) is 4.06. The first-order chi connectivity index (χ1) is 14.1. The van der Waals surface area contributed by atoms with E-state index in [1.54, 1.807) is 11.0 Å². The summed E-state index contributed by atoms with van der Waals surface area (Å²) >= 11 is 0. The van der Waals surface area contributed by atoms with E-state index in [9.17, 15) is 9.59 Å². The number of aromatic amines is 1. The second kappa shape index (κ2) is 8.05. The molecule has 3 amide bonds. The van der Waals surface area contributed by atoms with Gasteiger partial charge in [-0.1, -0.05) is 42.5 Å². The lowest BCUT2D eigenvalue weighted by atomic mass is 10.1. The van der Waals surface area contributed by atoms with Crippen LogP contribution in [0.5, 0.6) is 5.75 Å². The summed E-state index contributed by atoms with van der Waals surface area (Å²) in [6.07, 6.45) is 0. The van der Waals surface area contributed by atoms with E-state index in [4.69, 9.17) is 4.84 Å². The van der Waals surface area contributed by atoms with Gasteiger partial charge >= 0.3 is 6.03 Å². The summed E-state index contributed by atoms with van der Waals surface area (Å²) in [6, 6.07) is 17.0. The van der Waals surface area contributed by atoms with Crippen LogP contribution in [0.4, 0.5) is 4.79 Å². The van der Waals surface area contributed by atoms with E-state index in [1.165, 1.54) is 6.92 Å². The van der Waals surface area contributed by atoms with E-state index in [2.05, 4.69) is 21.0 Å². The average Bonchev–Trinajstić information content (AvgIpc) is 3.32. The van der Waals surface area contributed by atoms with Crippen LogP contribution < -0.4 is 15.6 Å². The summed E-state index contributed by atoms with van der Waals surface area (Å²) in [5, 5.41) is 10.4.